The van der Waals surface area contributed by atoms with Crippen molar-refractivity contribution in [3.63, 3.8) is 0 Å². The van der Waals surface area contributed by atoms with E-state index in [9.17, 15) is 14.4 Å². The molecular weight excluding hydrogens is 294 g/mol. The van der Waals surface area contributed by atoms with Crippen molar-refractivity contribution in [2.45, 2.75) is 43.0 Å². The lowest BCUT2D eigenvalue weighted by molar-refractivity contribution is -0.142. The van der Waals surface area contributed by atoms with Crippen molar-refractivity contribution < 1.29 is 19.5 Å². The normalized spacial score (nSPS) is 29.1. The van der Waals surface area contributed by atoms with Crippen LogP contribution in [0.15, 0.2) is 0 Å². The summed E-state index contributed by atoms with van der Waals surface area (Å²) in [6, 6.07) is -1.16. The lowest BCUT2D eigenvalue weighted by atomic mass is 10.1. The fourth-order valence-corrected chi connectivity index (χ4v) is 3.88. The van der Waals surface area contributed by atoms with Crippen LogP contribution in [0, 0.1) is 0 Å². The molecule has 3 N–H and O–H groups in total. The first-order valence-electron chi connectivity index (χ1n) is 7.12. The molecule has 1 heterocycles. The number of aliphatic carboxylic acids is 1. The van der Waals surface area contributed by atoms with E-state index in [0.29, 0.717) is 18.3 Å². The van der Waals surface area contributed by atoms with Crippen LogP contribution in [0.3, 0.4) is 0 Å². The molecule has 7 nitrogen and oxygen atoms in total. The fourth-order valence-electron chi connectivity index (χ4n) is 2.94. The molecule has 0 bridgehead atoms. The Morgan fingerprint density at radius 3 is 2.90 bits per heavy atom. The van der Waals surface area contributed by atoms with Crippen molar-refractivity contribution in [1.82, 2.24) is 15.5 Å². The maximum absolute atomic E-state index is 12.4. The molecular formula is C13H21N3O4S. The molecule has 0 aromatic rings. The van der Waals surface area contributed by atoms with Crippen LogP contribution < -0.4 is 10.6 Å². The van der Waals surface area contributed by atoms with E-state index in [-0.39, 0.29) is 18.5 Å². The maximum atomic E-state index is 12.4. The topological polar surface area (TPSA) is 98.7 Å². The SMILES string of the molecule is CSC1CCCC1NC(=O)N1CCNC(=O)C1CC(=O)O. The Morgan fingerprint density at radius 1 is 1.48 bits per heavy atom. The number of amides is 3. The highest BCUT2D eigenvalue weighted by atomic mass is 32.2. The summed E-state index contributed by atoms with van der Waals surface area (Å²) < 4.78 is 0. The van der Waals surface area contributed by atoms with Crippen molar-refractivity contribution in [3.8, 4) is 0 Å². The Hall–Kier alpha value is -1.44. The number of carboxylic acid groups (broad SMARTS) is 1. The second-order valence-corrected chi connectivity index (χ2v) is 6.44. The number of hydrogen-bond donors (Lipinski definition) is 3. The van der Waals surface area contributed by atoms with E-state index >= 15 is 0 Å². The molecule has 3 amide bonds. The number of rotatable bonds is 4. The van der Waals surface area contributed by atoms with Crippen LogP contribution >= 0.6 is 11.8 Å². The first-order valence-corrected chi connectivity index (χ1v) is 8.41. The summed E-state index contributed by atoms with van der Waals surface area (Å²) in [5.41, 5.74) is 0. The minimum atomic E-state index is -1.09. The Balaban J connectivity index is 2.01. The second kappa shape index (κ2) is 7.02. The highest BCUT2D eigenvalue weighted by Crippen LogP contribution is 2.28. The first kappa shape index (κ1) is 15.9. The zero-order chi connectivity index (χ0) is 15.4. The van der Waals surface area contributed by atoms with Gasteiger partial charge in [-0.15, -0.1) is 0 Å². The van der Waals surface area contributed by atoms with Crippen LogP contribution in [-0.4, -0.2) is 64.6 Å². The summed E-state index contributed by atoms with van der Waals surface area (Å²) in [6.07, 6.45) is 4.74. The molecule has 1 saturated heterocycles. The minimum Gasteiger partial charge on any atom is -0.481 e. The summed E-state index contributed by atoms with van der Waals surface area (Å²) in [6.45, 7) is 0.700. The summed E-state index contributed by atoms with van der Waals surface area (Å²) in [5, 5.41) is 14.9. The molecule has 2 aliphatic rings. The average molecular weight is 315 g/mol. The smallest absolute Gasteiger partial charge is 0.318 e. The van der Waals surface area contributed by atoms with Crippen molar-refractivity contribution in [2.24, 2.45) is 0 Å². The van der Waals surface area contributed by atoms with Crippen molar-refractivity contribution in [3.05, 3.63) is 0 Å². The first-order chi connectivity index (χ1) is 10.0. The number of thioether (sulfide) groups is 1. The second-order valence-electron chi connectivity index (χ2n) is 5.36. The molecule has 3 atom stereocenters. The molecule has 0 radical (unpaired) electrons. The zero-order valence-corrected chi connectivity index (χ0v) is 12.8. The van der Waals surface area contributed by atoms with E-state index in [1.54, 1.807) is 11.8 Å². The molecule has 0 aromatic carbocycles. The van der Waals surface area contributed by atoms with Gasteiger partial charge >= 0.3 is 12.0 Å². The molecule has 21 heavy (non-hydrogen) atoms. The third kappa shape index (κ3) is 3.81. The molecule has 8 heteroatoms. The number of carbonyl (C=O) groups excluding carboxylic acids is 2. The zero-order valence-electron chi connectivity index (χ0n) is 12.0. The maximum Gasteiger partial charge on any atom is 0.318 e. The van der Waals surface area contributed by atoms with Crippen LogP contribution in [0.4, 0.5) is 4.79 Å². The largest absolute Gasteiger partial charge is 0.481 e. The van der Waals surface area contributed by atoms with Gasteiger partial charge in [-0.05, 0) is 19.1 Å². The summed E-state index contributed by atoms with van der Waals surface area (Å²) in [4.78, 5) is 36.4. The Morgan fingerprint density at radius 2 is 2.24 bits per heavy atom. The van der Waals surface area contributed by atoms with Gasteiger partial charge in [-0.25, -0.2) is 4.79 Å². The minimum absolute atomic E-state index is 0.1000. The highest BCUT2D eigenvalue weighted by Gasteiger charge is 2.36. The van der Waals surface area contributed by atoms with Crippen molar-refractivity contribution >= 4 is 29.7 Å². The van der Waals surface area contributed by atoms with E-state index in [0.717, 1.165) is 19.3 Å². The van der Waals surface area contributed by atoms with Crippen LogP contribution in [0.1, 0.15) is 25.7 Å². The standard InChI is InChI=1S/C13H21N3O4S/c1-21-10-4-2-3-8(10)15-13(20)16-6-5-14-12(19)9(16)7-11(17)18/h8-10H,2-7H2,1H3,(H,14,19)(H,15,20)(H,17,18). The van der Waals surface area contributed by atoms with Gasteiger partial charge in [0.25, 0.3) is 0 Å². The quantitative estimate of drug-likeness (QED) is 0.691. The third-order valence-electron chi connectivity index (χ3n) is 4.02. The van der Waals surface area contributed by atoms with E-state index in [4.69, 9.17) is 5.11 Å². The van der Waals surface area contributed by atoms with Crippen LogP contribution in [0.5, 0.6) is 0 Å². The van der Waals surface area contributed by atoms with Gasteiger partial charge in [0.1, 0.15) is 6.04 Å². The van der Waals surface area contributed by atoms with Crippen LogP contribution in [0.2, 0.25) is 0 Å². The van der Waals surface area contributed by atoms with Gasteiger partial charge in [-0.1, -0.05) is 6.42 Å². The van der Waals surface area contributed by atoms with Gasteiger partial charge in [-0.3, -0.25) is 9.59 Å². The van der Waals surface area contributed by atoms with E-state index in [1.165, 1.54) is 4.90 Å². The molecule has 1 aliphatic carbocycles. The average Bonchev–Trinajstić information content (AvgIpc) is 2.87. The molecule has 1 aliphatic heterocycles. The predicted octanol–water partition coefficient (Wildman–Crippen LogP) is 0.255. The number of piperazine rings is 1. The molecule has 0 aromatic heterocycles. The third-order valence-corrected chi connectivity index (χ3v) is 5.19. The molecule has 3 unspecified atom stereocenters. The predicted molar refractivity (Wildman–Crippen MR) is 79.2 cm³/mol. The van der Waals surface area contributed by atoms with E-state index < -0.39 is 17.9 Å². The van der Waals surface area contributed by atoms with Gasteiger partial charge in [0.05, 0.1) is 6.42 Å². The number of nitrogens with zero attached hydrogens (tertiary/aromatic N) is 1. The van der Waals surface area contributed by atoms with Crippen LogP contribution in [-0.2, 0) is 9.59 Å². The molecule has 118 valence electrons. The Kier molecular flexibility index (Phi) is 5.33. The lowest BCUT2D eigenvalue weighted by Gasteiger charge is -2.35. The van der Waals surface area contributed by atoms with Gasteiger partial charge in [0.15, 0.2) is 0 Å². The summed E-state index contributed by atoms with van der Waals surface area (Å²) >= 11 is 1.73. The Bertz CT molecular complexity index is 432. The van der Waals surface area contributed by atoms with Crippen molar-refractivity contribution in [1.29, 1.82) is 0 Å². The van der Waals surface area contributed by atoms with E-state index in [2.05, 4.69) is 10.6 Å². The van der Waals surface area contributed by atoms with Gasteiger partial charge in [0, 0.05) is 24.4 Å². The van der Waals surface area contributed by atoms with Crippen LogP contribution in [0.25, 0.3) is 0 Å². The van der Waals surface area contributed by atoms with Gasteiger partial charge < -0.3 is 20.6 Å². The molecule has 2 fully saturated rings. The lowest BCUT2D eigenvalue weighted by Crippen LogP contribution is -2.61. The number of hydrogen-bond acceptors (Lipinski definition) is 4. The summed E-state index contributed by atoms with van der Waals surface area (Å²) in [5.74, 6) is -1.48. The van der Waals surface area contributed by atoms with Crippen molar-refractivity contribution in [2.75, 3.05) is 19.3 Å². The number of carbonyl (C=O) groups is 3. The van der Waals surface area contributed by atoms with Gasteiger partial charge in [-0.2, -0.15) is 11.8 Å². The molecule has 0 spiro atoms. The molecule has 2 rings (SSSR count). The highest BCUT2D eigenvalue weighted by molar-refractivity contribution is 7.99. The Labute approximate surface area is 127 Å². The van der Waals surface area contributed by atoms with E-state index in [1.807, 2.05) is 6.26 Å². The fraction of sp³-hybridized carbons (Fsp3) is 0.769. The number of carboxylic acids is 1. The van der Waals surface area contributed by atoms with Gasteiger partial charge in [0.2, 0.25) is 5.91 Å². The number of nitrogens with one attached hydrogen (secondary N) is 2. The monoisotopic (exact) mass is 315 g/mol. The number of urea groups is 1. The molecule has 1 saturated carbocycles. The summed E-state index contributed by atoms with van der Waals surface area (Å²) in [7, 11) is 0.